The molecular formula is C14H17NO2. The predicted molar refractivity (Wildman–Crippen MR) is 67.1 cm³/mol. The highest BCUT2D eigenvalue weighted by Gasteiger charge is 2.11. The number of benzene rings is 1. The quantitative estimate of drug-likeness (QED) is 0.879. The van der Waals surface area contributed by atoms with E-state index < -0.39 is 0 Å². The van der Waals surface area contributed by atoms with Crippen LogP contribution >= 0.6 is 0 Å². The van der Waals surface area contributed by atoms with Gasteiger partial charge in [0.05, 0.1) is 18.9 Å². The highest BCUT2D eigenvalue weighted by atomic mass is 16.5. The van der Waals surface area contributed by atoms with Crippen LogP contribution in [-0.4, -0.2) is 6.61 Å². The Morgan fingerprint density at radius 3 is 2.76 bits per heavy atom. The van der Waals surface area contributed by atoms with E-state index in [9.17, 15) is 0 Å². The maximum Gasteiger partial charge on any atom is 0.119 e. The summed E-state index contributed by atoms with van der Waals surface area (Å²) in [6.45, 7) is 4.53. The highest BCUT2D eigenvalue weighted by Crippen LogP contribution is 2.24. The predicted octanol–water partition coefficient (Wildman–Crippen LogP) is 3.03. The lowest BCUT2D eigenvalue weighted by molar-refractivity contribution is 0.340. The van der Waals surface area contributed by atoms with E-state index in [2.05, 4.69) is 0 Å². The Kier molecular flexibility index (Phi) is 3.49. The molecule has 0 spiro atoms. The summed E-state index contributed by atoms with van der Waals surface area (Å²) in [6, 6.07) is 9.63. The molecule has 3 heteroatoms. The van der Waals surface area contributed by atoms with E-state index in [1.54, 1.807) is 6.26 Å². The van der Waals surface area contributed by atoms with Crippen molar-refractivity contribution in [2.75, 3.05) is 6.61 Å². The van der Waals surface area contributed by atoms with Crippen molar-refractivity contribution >= 4 is 0 Å². The van der Waals surface area contributed by atoms with E-state index in [1.165, 1.54) is 0 Å². The second-order valence-electron chi connectivity index (χ2n) is 3.97. The molecule has 0 bridgehead atoms. The zero-order valence-corrected chi connectivity index (χ0v) is 10.1. The summed E-state index contributed by atoms with van der Waals surface area (Å²) in [5.74, 6) is 1.72. The minimum absolute atomic E-state index is 0.173. The number of rotatable bonds is 4. The summed E-state index contributed by atoms with van der Waals surface area (Å²) in [4.78, 5) is 0. The van der Waals surface area contributed by atoms with Gasteiger partial charge in [0.1, 0.15) is 11.5 Å². The molecule has 0 saturated heterocycles. The number of aryl methyl sites for hydroxylation is 1. The number of hydrogen-bond acceptors (Lipinski definition) is 3. The van der Waals surface area contributed by atoms with E-state index >= 15 is 0 Å². The molecule has 0 aliphatic rings. The first-order valence-electron chi connectivity index (χ1n) is 5.74. The zero-order valence-electron chi connectivity index (χ0n) is 10.1. The fourth-order valence-corrected chi connectivity index (χ4v) is 1.78. The second-order valence-corrected chi connectivity index (χ2v) is 3.97. The Hall–Kier alpha value is -1.74. The van der Waals surface area contributed by atoms with E-state index in [1.807, 2.05) is 44.2 Å². The topological polar surface area (TPSA) is 48.4 Å². The van der Waals surface area contributed by atoms with Crippen molar-refractivity contribution in [1.29, 1.82) is 0 Å². The lowest BCUT2D eigenvalue weighted by atomic mass is 10.0. The first kappa shape index (κ1) is 11.7. The fraction of sp³-hybridized carbons (Fsp3) is 0.286. The fourth-order valence-electron chi connectivity index (χ4n) is 1.78. The van der Waals surface area contributed by atoms with Gasteiger partial charge in [-0.05, 0) is 37.6 Å². The van der Waals surface area contributed by atoms with Crippen LogP contribution in [0.5, 0.6) is 5.75 Å². The van der Waals surface area contributed by atoms with Gasteiger partial charge < -0.3 is 14.9 Å². The van der Waals surface area contributed by atoms with Crippen LogP contribution in [0.3, 0.4) is 0 Å². The van der Waals surface area contributed by atoms with Crippen LogP contribution < -0.4 is 10.5 Å². The Labute approximate surface area is 101 Å². The van der Waals surface area contributed by atoms with Crippen LogP contribution in [0.2, 0.25) is 0 Å². The number of ether oxygens (including phenoxy) is 1. The molecule has 0 saturated carbocycles. The van der Waals surface area contributed by atoms with Gasteiger partial charge in [-0.25, -0.2) is 0 Å². The third-order valence-corrected chi connectivity index (χ3v) is 2.64. The van der Waals surface area contributed by atoms with Crippen molar-refractivity contribution in [3.05, 3.63) is 53.5 Å². The van der Waals surface area contributed by atoms with Crippen LogP contribution in [-0.2, 0) is 0 Å². The molecule has 2 N–H and O–H groups in total. The minimum atomic E-state index is -0.173. The maximum absolute atomic E-state index is 6.18. The number of hydrogen-bond donors (Lipinski definition) is 1. The molecule has 0 aliphatic heterocycles. The monoisotopic (exact) mass is 231 g/mol. The molecule has 1 heterocycles. The Morgan fingerprint density at radius 1 is 1.29 bits per heavy atom. The van der Waals surface area contributed by atoms with Crippen LogP contribution in [0, 0.1) is 6.92 Å². The van der Waals surface area contributed by atoms with E-state index in [0.29, 0.717) is 6.61 Å². The van der Waals surface area contributed by atoms with Crippen LogP contribution in [0.25, 0.3) is 0 Å². The van der Waals surface area contributed by atoms with E-state index in [0.717, 1.165) is 22.6 Å². The standard InChI is InChI=1S/C14H17NO2/c1-3-16-13-6-4-5-11(8-13)14(15)12-7-10(2)17-9-12/h4-9,14H,3,15H2,1-2H3. The summed E-state index contributed by atoms with van der Waals surface area (Å²) in [5.41, 5.74) is 8.19. The second kappa shape index (κ2) is 5.06. The molecule has 2 rings (SSSR count). The van der Waals surface area contributed by atoms with Gasteiger partial charge in [-0.15, -0.1) is 0 Å². The molecule has 1 aromatic heterocycles. The SMILES string of the molecule is CCOc1cccc(C(N)c2coc(C)c2)c1. The molecule has 0 fully saturated rings. The van der Waals surface area contributed by atoms with Crippen LogP contribution in [0.4, 0.5) is 0 Å². The maximum atomic E-state index is 6.18. The van der Waals surface area contributed by atoms with Crippen molar-refractivity contribution in [3.63, 3.8) is 0 Å². The van der Waals surface area contributed by atoms with Gasteiger partial charge in [-0.3, -0.25) is 0 Å². The average molecular weight is 231 g/mol. The van der Waals surface area contributed by atoms with Gasteiger partial charge in [-0.1, -0.05) is 12.1 Å². The third kappa shape index (κ3) is 2.68. The lowest BCUT2D eigenvalue weighted by Gasteiger charge is -2.11. The van der Waals surface area contributed by atoms with Crippen LogP contribution in [0.15, 0.2) is 41.0 Å². The molecule has 0 aliphatic carbocycles. The van der Waals surface area contributed by atoms with Gasteiger partial charge in [0.2, 0.25) is 0 Å². The number of nitrogens with two attached hydrogens (primary N) is 1. The molecule has 90 valence electrons. The first-order chi connectivity index (χ1) is 8.20. The Balaban J connectivity index is 2.24. The molecular weight excluding hydrogens is 214 g/mol. The number of furan rings is 1. The molecule has 1 unspecified atom stereocenters. The molecule has 2 aromatic rings. The van der Waals surface area contributed by atoms with Gasteiger partial charge in [0.15, 0.2) is 0 Å². The van der Waals surface area contributed by atoms with Gasteiger partial charge in [-0.2, -0.15) is 0 Å². The van der Waals surface area contributed by atoms with Crippen molar-refractivity contribution in [2.24, 2.45) is 5.73 Å². The van der Waals surface area contributed by atoms with Gasteiger partial charge in [0.25, 0.3) is 0 Å². The molecule has 1 aromatic carbocycles. The molecule has 3 nitrogen and oxygen atoms in total. The summed E-state index contributed by atoms with van der Waals surface area (Å²) in [6.07, 6.45) is 1.70. The average Bonchev–Trinajstić information content (AvgIpc) is 2.76. The minimum Gasteiger partial charge on any atom is -0.494 e. The normalized spacial score (nSPS) is 12.4. The molecule has 17 heavy (non-hydrogen) atoms. The summed E-state index contributed by atoms with van der Waals surface area (Å²) in [5, 5.41) is 0. The first-order valence-corrected chi connectivity index (χ1v) is 5.74. The third-order valence-electron chi connectivity index (χ3n) is 2.64. The van der Waals surface area contributed by atoms with Crippen LogP contribution in [0.1, 0.15) is 29.9 Å². The zero-order chi connectivity index (χ0) is 12.3. The summed E-state index contributed by atoms with van der Waals surface area (Å²) < 4.78 is 10.7. The molecule has 1 atom stereocenters. The van der Waals surface area contributed by atoms with Crippen molar-refractivity contribution in [2.45, 2.75) is 19.9 Å². The molecule has 0 amide bonds. The Morgan fingerprint density at radius 2 is 2.12 bits per heavy atom. The largest absolute Gasteiger partial charge is 0.494 e. The Bertz CT molecular complexity index is 490. The summed E-state index contributed by atoms with van der Waals surface area (Å²) >= 11 is 0. The van der Waals surface area contributed by atoms with Gasteiger partial charge >= 0.3 is 0 Å². The lowest BCUT2D eigenvalue weighted by Crippen LogP contribution is -2.11. The van der Waals surface area contributed by atoms with Gasteiger partial charge in [0, 0.05) is 5.56 Å². The van der Waals surface area contributed by atoms with Crippen molar-refractivity contribution < 1.29 is 9.15 Å². The summed E-state index contributed by atoms with van der Waals surface area (Å²) in [7, 11) is 0. The van der Waals surface area contributed by atoms with E-state index in [-0.39, 0.29) is 6.04 Å². The van der Waals surface area contributed by atoms with Crippen molar-refractivity contribution in [3.8, 4) is 5.75 Å². The van der Waals surface area contributed by atoms with Crippen molar-refractivity contribution in [1.82, 2.24) is 0 Å². The smallest absolute Gasteiger partial charge is 0.119 e. The highest BCUT2D eigenvalue weighted by molar-refractivity contribution is 5.35. The molecule has 0 radical (unpaired) electrons. The van der Waals surface area contributed by atoms with E-state index in [4.69, 9.17) is 14.9 Å².